The largest absolute Gasteiger partial charge is 0.350 e. The number of carbonyl (C=O) groups is 2. The van der Waals surface area contributed by atoms with Crippen LogP contribution in [0.4, 0.5) is 8.78 Å². The van der Waals surface area contributed by atoms with Gasteiger partial charge in [0, 0.05) is 49.1 Å². The van der Waals surface area contributed by atoms with E-state index in [0.717, 1.165) is 37.2 Å². The standard InChI is InChI=1S/C29H33F2N5O3/c1-18(24-9-5-6-13-32-24)33-28(37)22-17-36(20-7-3-2-4-8-20)14-12-25(22)34-29(38)27-16-26(35-39-27)21-11-10-19(30)15-23(21)31/h5-6,9-11,13,15-16,18,20,22,25H,2-4,7-8,12,14,17H2,1H3,(H,33,37)(H,34,38)/t18-,22-,25-/m1/s1. The third-order valence-electron chi connectivity index (χ3n) is 7.82. The van der Waals surface area contributed by atoms with E-state index in [2.05, 4.69) is 25.7 Å². The van der Waals surface area contributed by atoms with E-state index in [-0.39, 0.29) is 29.0 Å². The number of carbonyl (C=O) groups excluding carboxylic acids is 2. The Balaban J connectivity index is 1.31. The van der Waals surface area contributed by atoms with Crippen LogP contribution in [0.15, 0.2) is 53.2 Å². The summed E-state index contributed by atoms with van der Waals surface area (Å²) in [6.45, 7) is 3.21. The minimum absolute atomic E-state index is 0.0285. The molecule has 3 aromatic rings. The summed E-state index contributed by atoms with van der Waals surface area (Å²) in [6.07, 6.45) is 8.17. The number of piperidine rings is 1. The molecule has 2 fully saturated rings. The van der Waals surface area contributed by atoms with Crippen LogP contribution < -0.4 is 10.6 Å². The van der Waals surface area contributed by atoms with E-state index in [1.165, 1.54) is 31.4 Å². The van der Waals surface area contributed by atoms with Crippen LogP contribution in [0.1, 0.15) is 67.7 Å². The number of benzene rings is 1. The Morgan fingerprint density at radius 1 is 1.08 bits per heavy atom. The summed E-state index contributed by atoms with van der Waals surface area (Å²) in [5.74, 6) is -2.78. The van der Waals surface area contributed by atoms with Gasteiger partial charge in [-0.05, 0) is 50.5 Å². The number of nitrogens with zero attached hydrogens (tertiary/aromatic N) is 3. The molecular formula is C29H33F2N5O3. The van der Waals surface area contributed by atoms with Crippen molar-refractivity contribution in [1.29, 1.82) is 0 Å². The van der Waals surface area contributed by atoms with Gasteiger partial charge in [0.2, 0.25) is 11.7 Å². The molecule has 8 nitrogen and oxygen atoms in total. The van der Waals surface area contributed by atoms with Crippen molar-refractivity contribution in [3.8, 4) is 11.3 Å². The number of amides is 2. The second kappa shape index (κ2) is 12.0. The quantitative estimate of drug-likeness (QED) is 0.455. The maximum absolute atomic E-state index is 14.2. The van der Waals surface area contributed by atoms with Gasteiger partial charge in [0.05, 0.1) is 17.7 Å². The zero-order valence-corrected chi connectivity index (χ0v) is 21.9. The maximum Gasteiger partial charge on any atom is 0.290 e. The minimum atomic E-state index is -0.802. The average molecular weight is 538 g/mol. The van der Waals surface area contributed by atoms with E-state index in [4.69, 9.17) is 4.52 Å². The van der Waals surface area contributed by atoms with Crippen LogP contribution in [0.5, 0.6) is 0 Å². The zero-order valence-electron chi connectivity index (χ0n) is 21.9. The molecule has 0 spiro atoms. The van der Waals surface area contributed by atoms with Gasteiger partial charge in [-0.1, -0.05) is 30.5 Å². The summed E-state index contributed by atoms with van der Waals surface area (Å²) in [4.78, 5) is 33.4. The van der Waals surface area contributed by atoms with Gasteiger partial charge in [-0.2, -0.15) is 0 Å². The number of rotatable bonds is 7. The van der Waals surface area contributed by atoms with Gasteiger partial charge in [-0.15, -0.1) is 0 Å². The maximum atomic E-state index is 14.2. The number of aromatic nitrogens is 2. The highest BCUT2D eigenvalue weighted by Crippen LogP contribution is 2.29. The molecule has 0 bridgehead atoms. The Kier molecular flexibility index (Phi) is 8.30. The normalized spacial score (nSPS) is 21.3. The molecule has 1 aromatic carbocycles. The van der Waals surface area contributed by atoms with Crippen LogP contribution >= 0.6 is 0 Å². The molecule has 3 heterocycles. The van der Waals surface area contributed by atoms with Gasteiger partial charge >= 0.3 is 0 Å². The molecule has 1 saturated carbocycles. The molecule has 1 aliphatic carbocycles. The lowest BCUT2D eigenvalue weighted by Gasteiger charge is -2.43. The Hall–Kier alpha value is -3.66. The first-order valence-electron chi connectivity index (χ1n) is 13.6. The summed E-state index contributed by atoms with van der Waals surface area (Å²) in [5.41, 5.74) is 0.873. The lowest BCUT2D eigenvalue weighted by atomic mass is 9.86. The average Bonchev–Trinajstić information content (AvgIpc) is 3.44. The highest BCUT2D eigenvalue weighted by molar-refractivity contribution is 5.93. The lowest BCUT2D eigenvalue weighted by molar-refractivity contribution is -0.128. The fraction of sp³-hybridized carbons (Fsp3) is 0.448. The topological polar surface area (TPSA) is 100 Å². The molecule has 0 unspecified atom stereocenters. The molecule has 10 heteroatoms. The van der Waals surface area contributed by atoms with Crippen LogP contribution in [0.3, 0.4) is 0 Å². The van der Waals surface area contributed by atoms with Crippen LogP contribution in [0, 0.1) is 17.6 Å². The predicted octanol–water partition coefficient (Wildman–Crippen LogP) is 4.65. The van der Waals surface area contributed by atoms with Crippen molar-refractivity contribution < 1.29 is 22.9 Å². The number of likely N-dealkylation sites (tertiary alicyclic amines) is 1. The summed E-state index contributed by atoms with van der Waals surface area (Å²) >= 11 is 0. The highest BCUT2D eigenvalue weighted by atomic mass is 19.1. The van der Waals surface area contributed by atoms with E-state index in [0.29, 0.717) is 19.0 Å². The van der Waals surface area contributed by atoms with Gasteiger partial charge < -0.3 is 15.2 Å². The summed E-state index contributed by atoms with van der Waals surface area (Å²) < 4.78 is 32.7. The van der Waals surface area contributed by atoms with E-state index in [9.17, 15) is 18.4 Å². The number of halogens is 2. The van der Waals surface area contributed by atoms with E-state index < -0.39 is 29.5 Å². The molecule has 2 aliphatic rings. The van der Waals surface area contributed by atoms with Crippen LogP contribution in [0.25, 0.3) is 11.3 Å². The van der Waals surface area contributed by atoms with Crippen molar-refractivity contribution in [3.05, 3.63) is 71.8 Å². The first kappa shape index (κ1) is 26.9. The molecule has 1 aliphatic heterocycles. The van der Waals surface area contributed by atoms with Crippen molar-refractivity contribution in [2.75, 3.05) is 13.1 Å². The Morgan fingerprint density at radius 2 is 1.90 bits per heavy atom. The van der Waals surface area contributed by atoms with Crippen molar-refractivity contribution >= 4 is 11.8 Å². The summed E-state index contributed by atoms with van der Waals surface area (Å²) in [6, 6.07) is 9.73. The van der Waals surface area contributed by atoms with Gasteiger partial charge in [0.25, 0.3) is 5.91 Å². The van der Waals surface area contributed by atoms with Crippen LogP contribution in [-0.2, 0) is 4.79 Å². The lowest BCUT2D eigenvalue weighted by Crippen LogP contribution is -2.58. The third kappa shape index (κ3) is 6.33. The van der Waals surface area contributed by atoms with Gasteiger partial charge in [0.15, 0.2) is 0 Å². The predicted molar refractivity (Wildman–Crippen MR) is 140 cm³/mol. The highest BCUT2D eigenvalue weighted by Gasteiger charge is 2.38. The Morgan fingerprint density at radius 3 is 2.64 bits per heavy atom. The number of nitrogens with one attached hydrogen (secondary N) is 2. The van der Waals surface area contributed by atoms with Gasteiger partial charge in [0.1, 0.15) is 17.3 Å². The molecule has 2 aromatic heterocycles. The molecule has 2 N–H and O–H groups in total. The molecule has 0 radical (unpaired) electrons. The van der Waals surface area contributed by atoms with Crippen molar-refractivity contribution in [1.82, 2.24) is 25.7 Å². The fourth-order valence-electron chi connectivity index (χ4n) is 5.67. The molecule has 2 amide bonds. The van der Waals surface area contributed by atoms with Crippen LogP contribution in [0.2, 0.25) is 0 Å². The fourth-order valence-corrected chi connectivity index (χ4v) is 5.67. The van der Waals surface area contributed by atoms with Gasteiger partial charge in [-0.25, -0.2) is 8.78 Å². The minimum Gasteiger partial charge on any atom is -0.350 e. The smallest absolute Gasteiger partial charge is 0.290 e. The van der Waals surface area contributed by atoms with Crippen molar-refractivity contribution in [2.45, 2.75) is 63.6 Å². The number of hydrogen-bond acceptors (Lipinski definition) is 6. The zero-order chi connectivity index (χ0) is 27.4. The molecule has 206 valence electrons. The number of hydrogen-bond donors (Lipinski definition) is 2. The van der Waals surface area contributed by atoms with E-state index in [1.807, 2.05) is 25.1 Å². The van der Waals surface area contributed by atoms with Gasteiger partial charge in [-0.3, -0.25) is 19.5 Å². The second-order valence-electron chi connectivity index (χ2n) is 10.4. The van der Waals surface area contributed by atoms with Crippen LogP contribution in [-0.4, -0.2) is 52.0 Å². The van der Waals surface area contributed by atoms with E-state index >= 15 is 0 Å². The number of pyridine rings is 1. The molecule has 39 heavy (non-hydrogen) atoms. The SMILES string of the molecule is C[C@@H](NC(=O)[C@@H]1CN(C2CCCCC2)CC[C@H]1NC(=O)c1cc(-c2ccc(F)cc2F)no1)c1ccccn1. The Labute approximate surface area is 226 Å². The third-order valence-corrected chi connectivity index (χ3v) is 7.82. The first-order chi connectivity index (χ1) is 18.9. The molecule has 1 saturated heterocycles. The monoisotopic (exact) mass is 537 g/mol. The second-order valence-corrected chi connectivity index (χ2v) is 10.4. The van der Waals surface area contributed by atoms with E-state index in [1.54, 1.807) is 6.20 Å². The molecular weight excluding hydrogens is 504 g/mol. The first-order valence-corrected chi connectivity index (χ1v) is 13.6. The van der Waals surface area contributed by atoms with Crippen molar-refractivity contribution in [2.24, 2.45) is 5.92 Å². The summed E-state index contributed by atoms with van der Waals surface area (Å²) in [5, 5.41) is 9.84. The molecule has 3 atom stereocenters. The van der Waals surface area contributed by atoms with Crippen molar-refractivity contribution in [3.63, 3.8) is 0 Å². The summed E-state index contributed by atoms with van der Waals surface area (Å²) in [7, 11) is 0. The Bertz CT molecular complexity index is 1300. The molecule has 5 rings (SSSR count).